The third kappa shape index (κ3) is 4.92. The molecule has 0 aliphatic carbocycles. The molecule has 0 aliphatic heterocycles. The van der Waals surface area contributed by atoms with Gasteiger partial charge in [-0.15, -0.1) is 16.4 Å². The van der Waals surface area contributed by atoms with E-state index in [1.54, 1.807) is 36.3 Å². The highest BCUT2D eigenvalue weighted by atomic mass is 32.1. The van der Waals surface area contributed by atoms with E-state index in [1.165, 1.54) is 11.2 Å². The number of anilines is 1. The lowest BCUT2D eigenvalue weighted by Crippen LogP contribution is -2.08. The van der Waals surface area contributed by atoms with E-state index >= 15 is 0 Å². The van der Waals surface area contributed by atoms with E-state index in [0.29, 0.717) is 42.0 Å². The zero-order chi connectivity index (χ0) is 21.6. The molecule has 3 aromatic heterocycles. The van der Waals surface area contributed by atoms with Crippen LogP contribution in [-0.4, -0.2) is 45.6 Å². The van der Waals surface area contributed by atoms with E-state index in [2.05, 4.69) is 26.1 Å². The molecule has 0 radical (unpaired) electrons. The van der Waals surface area contributed by atoms with E-state index in [0.717, 1.165) is 12.0 Å². The first-order valence-electron chi connectivity index (χ1n) is 9.56. The number of methoxy groups -OCH3 is 2. The van der Waals surface area contributed by atoms with Crippen molar-refractivity contribution in [2.75, 3.05) is 26.6 Å². The molecule has 4 aromatic rings. The van der Waals surface area contributed by atoms with Crippen molar-refractivity contribution in [3.8, 4) is 23.2 Å². The van der Waals surface area contributed by atoms with E-state index in [-0.39, 0.29) is 5.95 Å². The molecule has 0 unspecified atom stereocenters. The maximum atomic E-state index is 5.88. The number of hydrogen-bond donors (Lipinski definition) is 1. The van der Waals surface area contributed by atoms with Gasteiger partial charge in [0, 0.05) is 23.8 Å². The lowest BCUT2D eigenvalue weighted by atomic mass is 10.1. The number of nitrogens with zero attached hydrogens (tertiary/aromatic N) is 5. The zero-order valence-corrected chi connectivity index (χ0v) is 18.0. The Morgan fingerprint density at radius 3 is 2.71 bits per heavy atom. The van der Waals surface area contributed by atoms with Gasteiger partial charge in [0.15, 0.2) is 17.3 Å². The molecule has 0 amide bonds. The van der Waals surface area contributed by atoms with Crippen LogP contribution in [0.5, 0.6) is 17.4 Å². The minimum Gasteiger partial charge on any atom is -0.493 e. The molecule has 0 bridgehead atoms. The number of nitrogens with two attached hydrogens (primary N) is 1. The highest BCUT2D eigenvalue weighted by molar-refractivity contribution is 7.09. The number of hydrogen-bond acceptors (Lipinski definition) is 9. The number of aromatic nitrogens is 5. The first-order chi connectivity index (χ1) is 15.2. The Balaban J connectivity index is 1.53. The highest BCUT2D eigenvalue weighted by Crippen LogP contribution is 2.28. The van der Waals surface area contributed by atoms with Crippen molar-refractivity contribution in [1.82, 2.24) is 24.7 Å². The Bertz CT molecular complexity index is 1150. The van der Waals surface area contributed by atoms with Gasteiger partial charge in [0.05, 0.1) is 20.8 Å². The van der Waals surface area contributed by atoms with Crippen LogP contribution in [-0.2, 0) is 12.8 Å². The summed E-state index contributed by atoms with van der Waals surface area (Å²) in [6.45, 7) is 0.523. The molecule has 31 heavy (non-hydrogen) atoms. The summed E-state index contributed by atoms with van der Waals surface area (Å²) in [5, 5.41) is 6.35. The standard InChI is InChI=1S/C21H22N6O3S/c1-28-16-6-5-14(10-17(16)29-2)11-19-25-21(22)26-27(19)18-12-20(24-13-23-18)30-8-7-15-4-3-9-31-15/h3-6,9-10,12-13H,7-8,11H2,1-2H3,(H2,22,26). The molecule has 0 fully saturated rings. The number of benzene rings is 1. The van der Waals surface area contributed by atoms with Gasteiger partial charge in [0.1, 0.15) is 12.2 Å². The summed E-state index contributed by atoms with van der Waals surface area (Å²) in [4.78, 5) is 14.1. The van der Waals surface area contributed by atoms with Gasteiger partial charge in [0.2, 0.25) is 11.8 Å². The Kier molecular flexibility index (Phi) is 6.27. The highest BCUT2D eigenvalue weighted by Gasteiger charge is 2.14. The molecular weight excluding hydrogens is 416 g/mol. The SMILES string of the molecule is COc1ccc(Cc2nc(N)nn2-c2cc(OCCc3cccs3)ncn2)cc1OC. The van der Waals surface area contributed by atoms with Crippen LogP contribution >= 0.6 is 11.3 Å². The second-order valence-corrected chi connectivity index (χ2v) is 7.59. The van der Waals surface area contributed by atoms with Crippen LogP contribution in [0.15, 0.2) is 48.1 Å². The van der Waals surface area contributed by atoms with Gasteiger partial charge in [-0.25, -0.2) is 9.97 Å². The largest absolute Gasteiger partial charge is 0.493 e. The second kappa shape index (κ2) is 9.43. The van der Waals surface area contributed by atoms with Crippen LogP contribution in [0.2, 0.25) is 0 Å². The third-order valence-corrected chi connectivity index (χ3v) is 5.46. The monoisotopic (exact) mass is 438 g/mol. The van der Waals surface area contributed by atoms with Crippen molar-refractivity contribution < 1.29 is 14.2 Å². The van der Waals surface area contributed by atoms with Crippen molar-refractivity contribution in [3.05, 3.63) is 64.4 Å². The number of rotatable bonds is 9. The van der Waals surface area contributed by atoms with E-state index in [9.17, 15) is 0 Å². The van der Waals surface area contributed by atoms with Gasteiger partial charge in [-0.2, -0.15) is 9.67 Å². The molecule has 1 aromatic carbocycles. The molecule has 0 saturated carbocycles. The Labute approximate surface area is 183 Å². The molecule has 2 N–H and O–H groups in total. The minimum atomic E-state index is 0.161. The molecular formula is C21H22N6O3S. The molecule has 10 heteroatoms. The molecule has 3 heterocycles. The average molecular weight is 439 g/mol. The normalized spacial score (nSPS) is 10.8. The van der Waals surface area contributed by atoms with Crippen LogP contribution in [0, 0.1) is 0 Å². The fourth-order valence-corrected chi connectivity index (χ4v) is 3.76. The maximum absolute atomic E-state index is 5.88. The van der Waals surface area contributed by atoms with Crippen molar-refractivity contribution in [3.63, 3.8) is 0 Å². The average Bonchev–Trinajstić information content (AvgIpc) is 3.43. The zero-order valence-electron chi connectivity index (χ0n) is 17.2. The predicted molar refractivity (Wildman–Crippen MR) is 117 cm³/mol. The van der Waals surface area contributed by atoms with Gasteiger partial charge in [-0.1, -0.05) is 12.1 Å². The molecule has 0 atom stereocenters. The number of nitrogen functional groups attached to an aromatic ring is 1. The van der Waals surface area contributed by atoms with E-state index in [4.69, 9.17) is 19.9 Å². The van der Waals surface area contributed by atoms with E-state index < -0.39 is 0 Å². The van der Waals surface area contributed by atoms with Gasteiger partial charge < -0.3 is 19.9 Å². The van der Waals surface area contributed by atoms with Gasteiger partial charge in [0.25, 0.3) is 0 Å². The summed E-state index contributed by atoms with van der Waals surface area (Å²) >= 11 is 1.70. The number of thiophene rings is 1. The van der Waals surface area contributed by atoms with Crippen LogP contribution < -0.4 is 19.9 Å². The van der Waals surface area contributed by atoms with Crippen molar-refractivity contribution in [2.24, 2.45) is 0 Å². The second-order valence-electron chi connectivity index (χ2n) is 6.56. The molecule has 160 valence electrons. The first-order valence-corrected chi connectivity index (χ1v) is 10.4. The summed E-state index contributed by atoms with van der Waals surface area (Å²) in [6, 6.07) is 11.5. The topological polar surface area (TPSA) is 110 Å². The first kappa shape index (κ1) is 20.6. The summed E-state index contributed by atoms with van der Waals surface area (Å²) in [5.74, 6) is 3.09. The van der Waals surface area contributed by atoms with E-state index in [1.807, 2.05) is 29.6 Å². The fourth-order valence-electron chi connectivity index (χ4n) is 3.07. The van der Waals surface area contributed by atoms with Crippen LogP contribution in [0.4, 0.5) is 5.95 Å². The molecule has 0 spiro atoms. The maximum Gasteiger partial charge on any atom is 0.240 e. The Morgan fingerprint density at radius 1 is 1.06 bits per heavy atom. The smallest absolute Gasteiger partial charge is 0.240 e. The number of ether oxygens (including phenoxy) is 3. The van der Waals surface area contributed by atoms with Crippen molar-refractivity contribution in [1.29, 1.82) is 0 Å². The Hall–Kier alpha value is -3.66. The van der Waals surface area contributed by atoms with Crippen LogP contribution in [0.25, 0.3) is 5.82 Å². The van der Waals surface area contributed by atoms with Crippen molar-refractivity contribution >= 4 is 17.3 Å². The quantitative estimate of drug-likeness (QED) is 0.425. The van der Waals surface area contributed by atoms with Crippen LogP contribution in [0.1, 0.15) is 16.3 Å². The Morgan fingerprint density at radius 2 is 1.94 bits per heavy atom. The van der Waals surface area contributed by atoms with Crippen LogP contribution in [0.3, 0.4) is 0 Å². The summed E-state index contributed by atoms with van der Waals surface area (Å²) in [7, 11) is 3.20. The molecule has 0 saturated heterocycles. The minimum absolute atomic E-state index is 0.161. The van der Waals surface area contributed by atoms with Crippen molar-refractivity contribution in [2.45, 2.75) is 12.8 Å². The fraction of sp³-hybridized carbons (Fsp3) is 0.238. The predicted octanol–water partition coefficient (Wildman–Crippen LogP) is 2.93. The molecule has 0 aliphatic rings. The third-order valence-electron chi connectivity index (χ3n) is 4.52. The lowest BCUT2D eigenvalue weighted by molar-refractivity contribution is 0.309. The van der Waals surface area contributed by atoms with Gasteiger partial charge in [-0.3, -0.25) is 0 Å². The van der Waals surface area contributed by atoms with Gasteiger partial charge in [-0.05, 0) is 29.1 Å². The summed E-state index contributed by atoms with van der Waals surface area (Å²) < 4.78 is 18.1. The summed E-state index contributed by atoms with van der Waals surface area (Å²) in [6.07, 6.45) is 2.73. The lowest BCUT2D eigenvalue weighted by Gasteiger charge is -2.10. The molecule has 4 rings (SSSR count). The summed E-state index contributed by atoms with van der Waals surface area (Å²) in [5.41, 5.74) is 6.85. The molecule has 9 nitrogen and oxygen atoms in total. The van der Waals surface area contributed by atoms with Gasteiger partial charge >= 0.3 is 0 Å².